The van der Waals surface area contributed by atoms with Crippen molar-refractivity contribution >= 4 is 23.1 Å². The van der Waals surface area contributed by atoms with E-state index < -0.39 is 17.2 Å². The Balaban J connectivity index is 2.31. The molecule has 4 nitrogen and oxygen atoms in total. The Morgan fingerprint density at radius 3 is 2.60 bits per heavy atom. The second kappa shape index (κ2) is 5.54. The highest BCUT2D eigenvalue weighted by Gasteiger charge is 2.33. The third kappa shape index (κ3) is 3.51. The van der Waals surface area contributed by atoms with Crippen molar-refractivity contribution in [1.29, 1.82) is 0 Å². The predicted octanol–water partition coefficient (Wildman–Crippen LogP) is 3.90. The molecule has 0 aliphatic carbocycles. The summed E-state index contributed by atoms with van der Waals surface area (Å²) in [4.78, 5) is 6.85. The van der Waals surface area contributed by atoms with Gasteiger partial charge >= 0.3 is 6.18 Å². The summed E-state index contributed by atoms with van der Waals surface area (Å²) in [6.45, 7) is 0. The molecule has 0 unspecified atom stereocenters. The molecule has 1 heterocycles. The number of nitrogens with zero attached hydrogens (tertiary/aromatic N) is 2. The smallest absolute Gasteiger partial charge is 0.433 e. The molecule has 0 saturated carbocycles. The second-order valence-corrected chi connectivity index (χ2v) is 4.10. The Labute approximate surface area is 117 Å². The van der Waals surface area contributed by atoms with E-state index in [0.717, 1.165) is 6.07 Å². The lowest BCUT2D eigenvalue weighted by atomic mass is 10.3. The van der Waals surface area contributed by atoms with Gasteiger partial charge in [0.25, 0.3) is 0 Å². The van der Waals surface area contributed by atoms with E-state index in [0.29, 0.717) is 11.4 Å². The minimum Gasteiger partial charge on any atom is -0.497 e. The van der Waals surface area contributed by atoms with E-state index in [1.54, 1.807) is 24.3 Å². The van der Waals surface area contributed by atoms with Gasteiger partial charge in [-0.05, 0) is 23.7 Å². The van der Waals surface area contributed by atoms with Crippen molar-refractivity contribution in [2.45, 2.75) is 6.18 Å². The lowest BCUT2D eigenvalue weighted by Gasteiger charge is -2.10. The van der Waals surface area contributed by atoms with E-state index >= 15 is 0 Å². The Morgan fingerprint density at radius 2 is 1.95 bits per heavy atom. The van der Waals surface area contributed by atoms with Gasteiger partial charge in [-0.3, -0.25) is 0 Å². The van der Waals surface area contributed by atoms with Crippen molar-refractivity contribution in [2.75, 3.05) is 12.4 Å². The molecular weight excluding hydrogens is 295 g/mol. The first-order valence-electron chi connectivity index (χ1n) is 5.41. The summed E-state index contributed by atoms with van der Waals surface area (Å²) in [7, 11) is 1.49. The van der Waals surface area contributed by atoms with Crippen molar-refractivity contribution in [3.63, 3.8) is 0 Å². The van der Waals surface area contributed by atoms with E-state index in [4.69, 9.17) is 16.3 Å². The first-order chi connectivity index (χ1) is 9.38. The van der Waals surface area contributed by atoms with Crippen LogP contribution in [0.25, 0.3) is 0 Å². The third-order valence-electron chi connectivity index (χ3n) is 2.33. The highest BCUT2D eigenvalue weighted by atomic mass is 35.5. The zero-order valence-electron chi connectivity index (χ0n) is 10.2. The molecule has 1 N–H and O–H groups in total. The van der Waals surface area contributed by atoms with Gasteiger partial charge < -0.3 is 10.1 Å². The van der Waals surface area contributed by atoms with E-state index in [9.17, 15) is 13.2 Å². The highest BCUT2D eigenvalue weighted by molar-refractivity contribution is 6.28. The Hall–Kier alpha value is -2.02. The fourth-order valence-corrected chi connectivity index (χ4v) is 1.66. The number of ether oxygens (including phenoxy) is 1. The molecule has 0 spiro atoms. The fraction of sp³-hybridized carbons (Fsp3) is 0.167. The molecule has 106 valence electrons. The average molecular weight is 304 g/mol. The van der Waals surface area contributed by atoms with Crippen molar-refractivity contribution < 1.29 is 17.9 Å². The molecule has 0 fully saturated rings. The van der Waals surface area contributed by atoms with E-state index in [-0.39, 0.29) is 5.82 Å². The number of anilines is 2. The van der Waals surface area contributed by atoms with Crippen LogP contribution in [0, 0.1) is 0 Å². The van der Waals surface area contributed by atoms with Gasteiger partial charge in [-0.25, -0.2) is 9.97 Å². The van der Waals surface area contributed by atoms with Gasteiger partial charge in [-0.1, -0.05) is 6.07 Å². The largest absolute Gasteiger partial charge is 0.497 e. The average Bonchev–Trinajstić information content (AvgIpc) is 2.37. The predicted molar refractivity (Wildman–Crippen MR) is 68.3 cm³/mol. The topological polar surface area (TPSA) is 47.0 Å². The third-order valence-corrected chi connectivity index (χ3v) is 2.50. The summed E-state index contributed by atoms with van der Waals surface area (Å²) in [6.07, 6.45) is -4.59. The molecule has 2 rings (SSSR count). The van der Waals surface area contributed by atoms with E-state index in [2.05, 4.69) is 15.3 Å². The summed E-state index contributed by atoms with van der Waals surface area (Å²) in [5, 5.41) is 2.24. The Bertz CT molecular complexity index is 619. The number of methoxy groups -OCH3 is 1. The zero-order chi connectivity index (χ0) is 14.8. The molecule has 1 aromatic heterocycles. The second-order valence-electron chi connectivity index (χ2n) is 3.76. The molecule has 20 heavy (non-hydrogen) atoms. The lowest BCUT2D eigenvalue weighted by molar-refractivity contribution is -0.141. The zero-order valence-corrected chi connectivity index (χ0v) is 11.0. The van der Waals surface area contributed by atoms with Crippen LogP contribution in [0.15, 0.2) is 30.3 Å². The number of halogens is 4. The van der Waals surface area contributed by atoms with Crippen molar-refractivity contribution in [1.82, 2.24) is 9.97 Å². The van der Waals surface area contributed by atoms with Gasteiger partial charge in [0, 0.05) is 17.8 Å². The van der Waals surface area contributed by atoms with Gasteiger partial charge in [0.05, 0.1) is 7.11 Å². The molecule has 2 aromatic rings. The van der Waals surface area contributed by atoms with Crippen LogP contribution in [0.1, 0.15) is 5.69 Å². The van der Waals surface area contributed by atoms with E-state index in [1.165, 1.54) is 7.11 Å². The van der Waals surface area contributed by atoms with Crippen molar-refractivity contribution in [2.24, 2.45) is 0 Å². The van der Waals surface area contributed by atoms with Gasteiger partial charge in [-0.15, -0.1) is 0 Å². The SMILES string of the molecule is COc1cccc(Nc2cc(C(F)(F)F)nc(Cl)n2)c1. The molecule has 0 bridgehead atoms. The maximum absolute atomic E-state index is 12.6. The molecule has 0 saturated heterocycles. The number of hydrogen-bond acceptors (Lipinski definition) is 4. The molecule has 0 amide bonds. The first-order valence-corrected chi connectivity index (χ1v) is 5.79. The monoisotopic (exact) mass is 303 g/mol. The van der Waals surface area contributed by atoms with Crippen LogP contribution >= 0.6 is 11.6 Å². The molecule has 0 radical (unpaired) electrons. The molecule has 0 aliphatic heterocycles. The van der Waals surface area contributed by atoms with Crippen LogP contribution in [-0.2, 0) is 6.18 Å². The molecule has 8 heteroatoms. The van der Waals surface area contributed by atoms with Crippen LogP contribution in [-0.4, -0.2) is 17.1 Å². The number of aromatic nitrogens is 2. The standard InChI is InChI=1S/C12H9ClF3N3O/c1-20-8-4-2-3-7(5-8)17-10-6-9(12(14,15)16)18-11(13)19-10/h2-6H,1H3,(H,17,18,19). The Kier molecular flexibility index (Phi) is 3.99. The number of alkyl halides is 3. The summed E-state index contributed by atoms with van der Waals surface area (Å²) < 4.78 is 42.8. The molecule has 0 atom stereocenters. The summed E-state index contributed by atoms with van der Waals surface area (Å²) in [5.41, 5.74) is -0.588. The number of benzene rings is 1. The van der Waals surface area contributed by atoms with Gasteiger partial charge in [0.2, 0.25) is 5.28 Å². The fourth-order valence-electron chi connectivity index (χ4n) is 1.48. The number of nitrogens with one attached hydrogen (secondary N) is 1. The summed E-state index contributed by atoms with van der Waals surface area (Å²) in [6, 6.07) is 7.45. The lowest BCUT2D eigenvalue weighted by Crippen LogP contribution is -2.10. The first kappa shape index (κ1) is 14.4. The maximum atomic E-state index is 12.6. The van der Waals surface area contributed by atoms with Gasteiger partial charge in [0.15, 0.2) is 5.69 Å². The van der Waals surface area contributed by atoms with Gasteiger partial charge in [-0.2, -0.15) is 13.2 Å². The number of hydrogen-bond donors (Lipinski definition) is 1. The highest BCUT2D eigenvalue weighted by Crippen LogP contribution is 2.30. The van der Waals surface area contributed by atoms with Crippen LogP contribution in [0.5, 0.6) is 5.75 Å². The summed E-state index contributed by atoms with van der Waals surface area (Å²) >= 11 is 5.49. The van der Waals surface area contributed by atoms with Crippen LogP contribution < -0.4 is 10.1 Å². The van der Waals surface area contributed by atoms with Crippen LogP contribution in [0.4, 0.5) is 24.7 Å². The minimum atomic E-state index is -4.59. The maximum Gasteiger partial charge on any atom is 0.433 e. The van der Waals surface area contributed by atoms with Crippen molar-refractivity contribution in [3.05, 3.63) is 41.3 Å². The van der Waals surface area contributed by atoms with Crippen LogP contribution in [0.3, 0.4) is 0 Å². The quantitative estimate of drug-likeness (QED) is 0.874. The minimum absolute atomic E-state index is 0.0504. The van der Waals surface area contributed by atoms with E-state index in [1.807, 2.05) is 0 Å². The normalized spacial score (nSPS) is 11.2. The summed E-state index contributed by atoms with van der Waals surface area (Å²) in [5.74, 6) is 0.511. The molecule has 0 aliphatic rings. The van der Waals surface area contributed by atoms with Crippen molar-refractivity contribution in [3.8, 4) is 5.75 Å². The molecular formula is C12H9ClF3N3O. The molecule has 1 aromatic carbocycles. The van der Waals surface area contributed by atoms with Gasteiger partial charge in [0.1, 0.15) is 11.6 Å². The Morgan fingerprint density at radius 1 is 1.20 bits per heavy atom. The number of rotatable bonds is 3. The van der Waals surface area contributed by atoms with Crippen LogP contribution in [0.2, 0.25) is 5.28 Å².